The lowest BCUT2D eigenvalue weighted by molar-refractivity contribution is -0.0906. The molecule has 0 aliphatic carbocycles. The van der Waals surface area contributed by atoms with Gasteiger partial charge in [0, 0.05) is 25.2 Å². The van der Waals surface area contributed by atoms with Crippen LogP contribution in [0.15, 0.2) is 18.2 Å². The van der Waals surface area contributed by atoms with Crippen molar-refractivity contribution in [3.05, 3.63) is 29.3 Å². The van der Waals surface area contributed by atoms with Crippen LogP contribution < -0.4 is 4.90 Å². The number of hydrogen-bond donors (Lipinski definition) is 1. The lowest BCUT2D eigenvalue weighted by Gasteiger charge is -2.32. The molecule has 21 heavy (non-hydrogen) atoms. The second-order valence-corrected chi connectivity index (χ2v) is 7.53. The highest BCUT2D eigenvalue weighted by molar-refractivity contribution is 5.54. The Labute approximate surface area is 128 Å². The van der Waals surface area contributed by atoms with Gasteiger partial charge in [-0.05, 0) is 53.2 Å². The van der Waals surface area contributed by atoms with Crippen LogP contribution in [0.3, 0.4) is 0 Å². The fourth-order valence-electron chi connectivity index (χ4n) is 3.63. The molecule has 0 spiro atoms. The Morgan fingerprint density at radius 3 is 2.24 bits per heavy atom. The van der Waals surface area contributed by atoms with Gasteiger partial charge in [0.1, 0.15) is 0 Å². The molecule has 1 aliphatic heterocycles. The summed E-state index contributed by atoms with van der Waals surface area (Å²) in [6, 6.07) is 6.49. The molecule has 2 unspecified atom stereocenters. The predicted octanol–water partition coefficient (Wildman–Crippen LogP) is 3.30. The molecule has 1 heterocycles. The summed E-state index contributed by atoms with van der Waals surface area (Å²) in [4.78, 5) is 2.23. The molecule has 3 nitrogen and oxygen atoms in total. The number of aliphatic hydroxyl groups is 1. The Morgan fingerprint density at radius 1 is 1.14 bits per heavy atom. The van der Waals surface area contributed by atoms with Gasteiger partial charge >= 0.3 is 0 Å². The Hall–Kier alpha value is -1.06. The van der Waals surface area contributed by atoms with E-state index in [2.05, 4.69) is 57.8 Å². The highest BCUT2D eigenvalue weighted by Crippen LogP contribution is 2.42. The SMILES string of the molecule is Cc1ccc(N(C)CC2C(O)C(C)(C)OC2(C)C)c(C)c1. The zero-order valence-electron chi connectivity index (χ0n) is 14.4. The summed E-state index contributed by atoms with van der Waals surface area (Å²) in [5, 5.41) is 10.6. The fraction of sp³-hybridized carbons (Fsp3) is 0.667. The molecule has 3 heteroatoms. The average Bonchev–Trinajstić information content (AvgIpc) is 2.47. The van der Waals surface area contributed by atoms with Gasteiger partial charge in [0.05, 0.1) is 17.3 Å². The van der Waals surface area contributed by atoms with Crippen molar-refractivity contribution in [3.8, 4) is 0 Å². The lowest BCUT2D eigenvalue weighted by Crippen LogP contribution is -2.42. The molecule has 1 aromatic rings. The number of ether oxygens (including phenoxy) is 1. The highest BCUT2D eigenvalue weighted by Gasteiger charge is 2.53. The Bertz CT molecular complexity index is 522. The number of anilines is 1. The van der Waals surface area contributed by atoms with E-state index in [4.69, 9.17) is 4.74 Å². The Balaban J connectivity index is 2.21. The van der Waals surface area contributed by atoms with Crippen molar-refractivity contribution in [2.45, 2.75) is 58.8 Å². The Morgan fingerprint density at radius 2 is 1.76 bits per heavy atom. The summed E-state index contributed by atoms with van der Waals surface area (Å²) >= 11 is 0. The number of hydrogen-bond acceptors (Lipinski definition) is 3. The lowest BCUT2D eigenvalue weighted by atomic mass is 9.84. The normalized spacial score (nSPS) is 26.9. The van der Waals surface area contributed by atoms with Crippen molar-refractivity contribution in [1.29, 1.82) is 0 Å². The second-order valence-electron chi connectivity index (χ2n) is 7.53. The topological polar surface area (TPSA) is 32.7 Å². The molecule has 0 radical (unpaired) electrons. The highest BCUT2D eigenvalue weighted by atomic mass is 16.5. The molecule has 0 amide bonds. The van der Waals surface area contributed by atoms with Gasteiger partial charge < -0.3 is 14.7 Å². The maximum Gasteiger partial charge on any atom is 0.0897 e. The van der Waals surface area contributed by atoms with E-state index >= 15 is 0 Å². The number of benzene rings is 1. The first-order chi connectivity index (χ1) is 9.54. The molecule has 1 aromatic carbocycles. The molecule has 0 saturated carbocycles. The van der Waals surface area contributed by atoms with E-state index in [0.717, 1.165) is 6.54 Å². The van der Waals surface area contributed by atoms with Crippen LogP contribution in [-0.2, 0) is 4.74 Å². The third-order valence-electron chi connectivity index (χ3n) is 4.75. The molecular weight excluding hydrogens is 262 g/mol. The van der Waals surface area contributed by atoms with E-state index < -0.39 is 11.7 Å². The first-order valence-corrected chi connectivity index (χ1v) is 7.71. The van der Waals surface area contributed by atoms with Crippen LogP contribution in [0.4, 0.5) is 5.69 Å². The zero-order chi connectivity index (χ0) is 16.0. The quantitative estimate of drug-likeness (QED) is 0.927. The maximum absolute atomic E-state index is 10.6. The second kappa shape index (κ2) is 5.29. The summed E-state index contributed by atoms with van der Waals surface area (Å²) in [7, 11) is 2.09. The van der Waals surface area contributed by atoms with Crippen molar-refractivity contribution in [1.82, 2.24) is 0 Å². The average molecular weight is 291 g/mol. The monoisotopic (exact) mass is 291 g/mol. The van der Waals surface area contributed by atoms with E-state index in [-0.39, 0.29) is 11.5 Å². The van der Waals surface area contributed by atoms with E-state index in [1.165, 1.54) is 16.8 Å². The van der Waals surface area contributed by atoms with Gasteiger partial charge in [-0.3, -0.25) is 0 Å². The van der Waals surface area contributed by atoms with Gasteiger partial charge in [0.2, 0.25) is 0 Å². The number of aliphatic hydroxyl groups excluding tert-OH is 1. The Kier molecular flexibility index (Phi) is 4.11. The van der Waals surface area contributed by atoms with Crippen molar-refractivity contribution >= 4 is 5.69 Å². The van der Waals surface area contributed by atoms with Crippen molar-refractivity contribution in [3.63, 3.8) is 0 Å². The minimum atomic E-state index is -0.489. The summed E-state index contributed by atoms with van der Waals surface area (Å²) in [5.41, 5.74) is 2.94. The van der Waals surface area contributed by atoms with E-state index in [0.29, 0.717) is 0 Å². The molecule has 1 fully saturated rings. The summed E-state index contributed by atoms with van der Waals surface area (Å²) < 4.78 is 6.07. The van der Waals surface area contributed by atoms with Gasteiger partial charge in [-0.15, -0.1) is 0 Å². The van der Waals surface area contributed by atoms with Gasteiger partial charge in [-0.1, -0.05) is 17.7 Å². The van der Waals surface area contributed by atoms with Crippen LogP contribution >= 0.6 is 0 Å². The summed E-state index contributed by atoms with van der Waals surface area (Å²) in [6.45, 7) is 13.1. The zero-order valence-corrected chi connectivity index (χ0v) is 14.4. The van der Waals surface area contributed by atoms with Crippen LogP contribution in [0.5, 0.6) is 0 Å². The molecule has 1 saturated heterocycles. The molecule has 1 N–H and O–H groups in total. The molecule has 2 rings (SSSR count). The molecule has 118 valence electrons. The van der Waals surface area contributed by atoms with Crippen LogP contribution in [0.1, 0.15) is 38.8 Å². The van der Waals surface area contributed by atoms with Crippen LogP contribution in [0, 0.1) is 19.8 Å². The minimum absolute atomic E-state index is 0.0817. The van der Waals surface area contributed by atoms with Gasteiger partial charge in [-0.2, -0.15) is 0 Å². The van der Waals surface area contributed by atoms with Crippen molar-refractivity contribution in [2.75, 3.05) is 18.5 Å². The molecular formula is C18H29NO2. The summed E-state index contributed by atoms with van der Waals surface area (Å²) in [5.74, 6) is 0.0817. The molecule has 2 atom stereocenters. The van der Waals surface area contributed by atoms with Crippen molar-refractivity contribution < 1.29 is 9.84 Å². The van der Waals surface area contributed by atoms with Gasteiger partial charge in [-0.25, -0.2) is 0 Å². The van der Waals surface area contributed by atoms with E-state index in [9.17, 15) is 5.11 Å². The number of aryl methyl sites for hydroxylation is 2. The molecule has 0 bridgehead atoms. The molecule has 1 aliphatic rings. The largest absolute Gasteiger partial charge is 0.390 e. The van der Waals surface area contributed by atoms with Crippen LogP contribution in [0.2, 0.25) is 0 Å². The van der Waals surface area contributed by atoms with Crippen LogP contribution in [0.25, 0.3) is 0 Å². The minimum Gasteiger partial charge on any atom is -0.390 e. The predicted molar refractivity (Wildman–Crippen MR) is 87.9 cm³/mol. The van der Waals surface area contributed by atoms with E-state index in [1.54, 1.807) is 0 Å². The third-order valence-corrected chi connectivity index (χ3v) is 4.75. The summed E-state index contributed by atoms with van der Waals surface area (Å²) in [6.07, 6.45) is -0.458. The van der Waals surface area contributed by atoms with Gasteiger partial charge in [0.15, 0.2) is 0 Å². The smallest absolute Gasteiger partial charge is 0.0897 e. The maximum atomic E-state index is 10.6. The fourth-order valence-corrected chi connectivity index (χ4v) is 3.63. The standard InChI is InChI=1S/C18H29NO2/c1-12-8-9-15(13(2)10-12)19(7)11-14-16(20)18(5,6)21-17(14,3)4/h8-10,14,16,20H,11H2,1-7H3. The third kappa shape index (κ3) is 3.09. The van der Waals surface area contributed by atoms with Crippen molar-refractivity contribution in [2.24, 2.45) is 5.92 Å². The molecule has 0 aromatic heterocycles. The number of nitrogens with zero attached hydrogens (tertiary/aromatic N) is 1. The first-order valence-electron chi connectivity index (χ1n) is 7.71. The number of rotatable bonds is 3. The van der Waals surface area contributed by atoms with Gasteiger partial charge in [0.25, 0.3) is 0 Å². The van der Waals surface area contributed by atoms with E-state index in [1.807, 2.05) is 13.8 Å². The first kappa shape index (κ1) is 16.3. The van der Waals surface area contributed by atoms with Crippen LogP contribution in [-0.4, -0.2) is 36.0 Å².